The van der Waals surface area contributed by atoms with Gasteiger partial charge in [-0.25, -0.2) is 4.79 Å². The summed E-state index contributed by atoms with van der Waals surface area (Å²) < 4.78 is 10.6. The number of thioether (sulfide) groups is 1. The van der Waals surface area contributed by atoms with Gasteiger partial charge in [0.25, 0.3) is 0 Å². The fourth-order valence-electron chi connectivity index (χ4n) is 2.79. The molecule has 5 nitrogen and oxygen atoms in total. The van der Waals surface area contributed by atoms with E-state index in [-0.39, 0.29) is 6.03 Å². The molecule has 2 aromatic rings. The number of hydrogen-bond acceptors (Lipinski definition) is 4. The van der Waals surface area contributed by atoms with Crippen LogP contribution < -0.4 is 19.7 Å². The molecule has 0 fully saturated rings. The number of nitrogens with zero attached hydrogens (tertiary/aromatic N) is 1. The van der Waals surface area contributed by atoms with Crippen LogP contribution in [-0.2, 0) is 0 Å². The SMILES string of the molecule is CC[C@@H]1CN(C(=O)Nc2ccc(OC)cc2OC)c2ccccc2S1. The average molecular weight is 358 g/mol. The molecule has 6 heteroatoms. The van der Waals surface area contributed by atoms with Gasteiger partial charge in [0.05, 0.1) is 25.6 Å². The number of carbonyl (C=O) groups excluding carboxylic acids is 1. The molecule has 2 amide bonds. The van der Waals surface area contributed by atoms with Gasteiger partial charge < -0.3 is 14.8 Å². The highest BCUT2D eigenvalue weighted by Gasteiger charge is 2.28. The Morgan fingerprint density at radius 2 is 2.04 bits per heavy atom. The zero-order chi connectivity index (χ0) is 17.8. The summed E-state index contributed by atoms with van der Waals surface area (Å²) in [5, 5.41) is 3.35. The van der Waals surface area contributed by atoms with Crippen molar-refractivity contribution in [2.24, 2.45) is 0 Å². The van der Waals surface area contributed by atoms with E-state index in [1.54, 1.807) is 32.4 Å². The number of amides is 2. The van der Waals surface area contributed by atoms with Gasteiger partial charge in [-0.05, 0) is 30.7 Å². The Labute approximate surface area is 152 Å². The summed E-state index contributed by atoms with van der Waals surface area (Å²) in [6.07, 6.45) is 1.01. The number of urea groups is 1. The summed E-state index contributed by atoms with van der Waals surface area (Å²) >= 11 is 1.83. The lowest BCUT2D eigenvalue weighted by molar-refractivity contribution is 0.256. The van der Waals surface area contributed by atoms with Gasteiger partial charge in [-0.2, -0.15) is 0 Å². The van der Waals surface area contributed by atoms with Crippen molar-refractivity contribution in [1.82, 2.24) is 0 Å². The lowest BCUT2D eigenvalue weighted by Gasteiger charge is -2.33. The fraction of sp³-hybridized carbons (Fsp3) is 0.316. The average Bonchev–Trinajstić information content (AvgIpc) is 2.67. The minimum absolute atomic E-state index is 0.158. The van der Waals surface area contributed by atoms with Gasteiger partial charge in [-0.1, -0.05) is 19.1 Å². The number of fused-ring (bicyclic) bond motifs is 1. The third kappa shape index (κ3) is 3.69. The molecular formula is C19H22N2O3S. The van der Waals surface area contributed by atoms with E-state index in [0.29, 0.717) is 29.0 Å². The number of methoxy groups -OCH3 is 2. The molecule has 0 bridgehead atoms. The molecule has 1 atom stereocenters. The van der Waals surface area contributed by atoms with Crippen LogP contribution in [0.4, 0.5) is 16.2 Å². The molecule has 25 heavy (non-hydrogen) atoms. The Balaban J connectivity index is 1.86. The minimum atomic E-state index is -0.158. The van der Waals surface area contributed by atoms with E-state index in [1.807, 2.05) is 34.9 Å². The van der Waals surface area contributed by atoms with Crippen LogP contribution in [0.25, 0.3) is 0 Å². The van der Waals surface area contributed by atoms with E-state index in [4.69, 9.17) is 9.47 Å². The van der Waals surface area contributed by atoms with Crippen molar-refractivity contribution in [2.45, 2.75) is 23.5 Å². The highest BCUT2D eigenvalue weighted by atomic mass is 32.2. The summed E-state index contributed by atoms with van der Waals surface area (Å²) in [6.45, 7) is 2.83. The minimum Gasteiger partial charge on any atom is -0.497 e. The third-order valence-corrected chi connectivity index (χ3v) is 5.60. The molecule has 0 unspecified atom stereocenters. The second-order valence-electron chi connectivity index (χ2n) is 5.72. The highest BCUT2D eigenvalue weighted by Crippen LogP contribution is 2.40. The first-order valence-corrected chi connectivity index (χ1v) is 9.10. The summed E-state index contributed by atoms with van der Waals surface area (Å²) in [5.74, 6) is 1.25. The van der Waals surface area contributed by atoms with Crippen LogP contribution in [0.2, 0.25) is 0 Å². The van der Waals surface area contributed by atoms with Crippen molar-refractivity contribution in [2.75, 3.05) is 31.0 Å². The van der Waals surface area contributed by atoms with Gasteiger partial charge in [0.2, 0.25) is 0 Å². The normalized spacial score (nSPS) is 16.1. The Kier molecular flexibility index (Phi) is 5.38. The molecular weight excluding hydrogens is 336 g/mol. The molecule has 1 aliphatic heterocycles. The van der Waals surface area contributed by atoms with Crippen molar-refractivity contribution < 1.29 is 14.3 Å². The van der Waals surface area contributed by atoms with Crippen molar-refractivity contribution >= 4 is 29.2 Å². The monoisotopic (exact) mass is 358 g/mol. The van der Waals surface area contributed by atoms with Gasteiger partial charge in [-0.3, -0.25) is 4.90 Å². The van der Waals surface area contributed by atoms with Gasteiger partial charge in [0.1, 0.15) is 11.5 Å². The number of para-hydroxylation sites is 1. The summed E-state index contributed by atoms with van der Waals surface area (Å²) in [6, 6.07) is 13.2. The van der Waals surface area contributed by atoms with Crippen LogP contribution in [0.1, 0.15) is 13.3 Å². The largest absolute Gasteiger partial charge is 0.497 e. The van der Waals surface area contributed by atoms with Crippen LogP contribution >= 0.6 is 11.8 Å². The molecule has 0 radical (unpaired) electrons. The molecule has 1 heterocycles. The van der Waals surface area contributed by atoms with Crippen LogP contribution in [0.15, 0.2) is 47.4 Å². The number of ether oxygens (including phenoxy) is 2. The highest BCUT2D eigenvalue weighted by molar-refractivity contribution is 8.00. The number of hydrogen-bond donors (Lipinski definition) is 1. The zero-order valence-corrected chi connectivity index (χ0v) is 15.4. The van der Waals surface area contributed by atoms with Crippen molar-refractivity contribution in [3.63, 3.8) is 0 Å². The number of rotatable bonds is 4. The maximum absolute atomic E-state index is 12.9. The molecule has 3 rings (SSSR count). The first-order chi connectivity index (χ1) is 12.2. The molecule has 1 aliphatic rings. The number of carbonyl (C=O) groups is 1. The Morgan fingerprint density at radius 1 is 1.24 bits per heavy atom. The van der Waals surface area contributed by atoms with Crippen LogP contribution in [0, 0.1) is 0 Å². The predicted octanol–water partition coefficient (Wildman–Crippen LogP) is 4.63. The van der Waals surface area contributed by atoms with Gasteiger partial charge in [-0.15, -0.1) is 11.8 Å². The van der Waals surface area contributed by atoms with Crippen molar-refractivity contribution in [3.05, 3.63) is 42.5 Å². The summed E-state index contributed by atoms with van der Waals surface area (Å²) in [5.41, 5.74) is 1.57. The van der Waals surface area contributed by atoms with E-state index in [0.717, 1.165) is 17.0 Å². The van der Waals surface area contributed by atoms with Gasteiger partial charge >= 0.3 is 6.03 Å². The van der Waals surface area contributed by atoms with E-state index in [1.165, 1.54) is 0 Å². The quantitative estimate of drug-likeness (QED) is 0.866. The van der Waals surface area contributed by atoms with Gasteiger partial charge in [0, 0.05) is 22.8 Å². The number of anilines is 2. The molecule has 0 saturated heterocycles. The zero-order valence-electron chi connectivity index (χ0n) is 14.6. The van der Waals surface area contributed by atoms with E-state index in [9.17, 15) is 4.79 Å². The molecule has 0 aliphatic carbocycles. The van der Waals surface area contributed by atoms with Crippen LogP contribution in [-0.4, -0.2) is 32.0 Å². The third-order valence-electron chi connectivity index (χ3n) is 4.19. The summed E-state index contributed by atoms with van der Waals surface area (Å²) in [7, 11) is 3.17. The second-order valence-corrected chi connectivity index (χ2v) is 7.06. The van der Waals surface area contributed by atoms with E-state index < -0.39 is 0 Å². The molecule has 0 aromatic heterocycles. The Bertz CT molecular complexity index is 766. The van der Waals surface area contributed by atoms with Gasteiger partial charge in [0.15, 0.2) is 0 Å². The maximum Gasteiger partial charge on any atom is 0.326 e. The van der Waals surface area contributed by atoms with Crippen molar-refractivity contribution in [3.8, 4) is 11.5 Å². The van der Waals surface area contributed by atoms with Crippen LogP contribution in [0.5, 0.6) is 11.5 Å². The molecule has 1 N–H and O–H groups in total. The smallest absolute Gasteiger partial charge is 0.326 e. The number of benzene rings is 2. The first-order valence-electron chi connectivity index (χ1n) is 8.22. The molecule has 2 aromatic carbocycles. The maximum atomic E-state index is 12.9. The van der Waals surface area contributed by atoms with Crippen LogP contribution in [0.3, 0.4) is 0 Å². The standard InChI is InChI=1S/C19H22N2O3S/c1-4-14-12-21(16-7-5-6-8-18(16)25-14)19(22)20-15-10-9-13(23-2)11-17(15)24-3/h5-11,14H,4,12H2,1-3H3,(H,20,22)/t14-/m1/s1. The van der Waals surface area contributed by atoms with E-state index in [2.05, 4.69) is 18.3 Å². The second kappa shape index (κ2) is 7.70. The fourth-order valence-corrected chi connectivity index (χ4v) is 3.99. The topological polar surface area (TPSA) is 50.8 Å². The van der Waals surface area contributed by atoms with Crippen molar-refractivity contribution in [1.29, 1.82) is 0 Å². The molecule has 0 saturated carbocycles. The molecule has 132 valence electrons. The summed E-state index contributed by atoms with van der Waals surface area (Å²) in [4.78, 5) is 15.9. The number of nitrogens with one attached hydrogen (secondary N) is 1. The van der Waals surface area contributed by atoms with E-state index >= 15 is 0 Å². The lowest BCUT2D eigenvalue weighted by Crippen LogP contribution is -2.41. The lowest BCUT2D eigenvalue weighted by atomic mass is 10.2. The predicted molar refractivity (Wildman–Crippen MR) is 102 cm³/mol. The molecule has 0 spiro atoms. The first kappa shape index (κ1) is 17.5. The Morgan fingerprint density at radius 3 is 2.76 bits per heavy atom. The Hall–Kier alpha value is -2.34.